The largest absolute Gasteiger partial charge is 0.497 e. The maximum atomic E-state index is 12.0. The van der Waals surface area contributed by atoms with Gasteiger partial charge in [0.25, 0.3) is 0 Å². The first-order valence-electron chi connectivity index (χ1n) is 8.56. The predicted molar refractivity (Wildman–Crippen MR) is 97.8 cm³/mol. The van der Waals surface area contributed by atoms with Gasteiger partial charge in [-0.15, -0.1) is 5.10 Å². The summed E-state index contributed by atoms with van der Waals surface area (Å²) in [6, 6.07) is 7.34. The number of fused-ring (bicyclic) bond motifs is 1. The first kappa shape index (κ1) is 19.1. The summed E-state index contributed by atoms with van der Waals surface area (Å²) >= 11 is 0. The van der Waals surface area contributed by atoms with Crippen LogP contribution in [-0.2, 0) is 16.0 Å². The van der Waals surface area contributed by atoms with Gasteiger partial charge >= 0.3 is 5.97 Å². The van der Waals surface area contributed by atoms with Gasteiger partial charge in [0.15, 0.2) is 0 Å². The number of methoxy groups -OCH3 is 2. The second-order valence-electron chi connectivity index (χ2n) is 5.94. The molecule has 3 N–H and O–H groups in total. The van der Waals surface area contributed by atoms with E-state index in [-0.39, 0.29) is 30.4 Å². The molecule has 28 heavy (non-hydrogen) atoms. The molecule has 0 spiro atoms. The van der Waals surface area contributed by atoms with Crippen molar-refractivity contribution in [3.8, 4) is 23.4 Å². The fraction of sp³-hybridized carbons (Fsp3) is 0.316. The number of benzene rings is 1. The molecule has 1 aliphatic rings. The second kappa shape index (κ2) is 7.92. The number of rotatable bonds is 6. The van der Waals surface area contributed by atoms with Crippen LogP contribution in [0, 0.1) is 11.3 Å². The number of carbonyl (C=O) groups is 1. The number of nitrogens with two attached hydrogens (primary N) is 1. The molecule has 1 atom stereocenters. The molecule has 1 aliphatic heterocycles. The quantitative estimate of drug-likeness (QED) is 0.720. The number of H-pyrrole nitrogens is 1. The Labute approximate surface area is 161 Å². The Kier molecular flexibility index (Phi) is 5.40. The number of nitriles is 1. The lowest BCUT2D eigenvalue weighted by atomic mass is 9.83. The highest BCUT2D eigenvalue weighted by atomic mass is 16.5. The Bertz CT molecular complexity index is 973. The zero-order valence-corrected chi connectivity index (χ0v) is 15.7. The van der Waals surface area contributed by atoms with Crippen molar-refractivity contribution in [2.75, 3.05) is 20.8 Å². The van der Waals surface area contributed by atoms with Gasteiger partial charge in [-0.3, -0.25) is 9.89 Å². The summed E-state index contributed by atoms with van der Waals surface area (Å²) in [6.45, 7) is 1.99. The van der Waals surface area contributed by atoms with Crippen LogP contribution >= 0.6 is 0 Å². The average molecular weight is 384 g/mol. The summed E-state index contributed by atoms with van der Waals surface area (Å²) in [5, 5.41) is 16.7. The van der Waals surface area contributed by atoms with Gasteiger partial charge in [-0.05, 0) is 25.1 Å². The van der Waals surface area contributed by atoms with Crippen LogP contribution in [0.2, 0.25) is 0 Å². The van der Waals surface area contributed by atoms with E-state index in [0.29, 0.717) is 28.3 Å². The smallest absolute Gasteiger partial charge is 0.311 e. The van der Waals surface area contributed by atoms with E-state index >= 15 is 0 Å². The van der Waals surface area contributed by atoms with Gasteiger partial charge in [0.05, 0.1) is 44.4 Å². The Morgan fingerprint density at radius 3 is 2.82 bits per heavy atom. The number of hydrogen-bond acceptors (Lipinski definition) is 8. The summed E-state index contributed by atoms with van der Waals surface area (Å²) in [4.78, 5) is 12.0. The lowest BCUT2D eigenvalue weighted by molar-refractivity contribution is -0.142. The second-order valence-corrected chi connectivity index (χ2v) is 5.94. The number of esters is 1. The summed E-state index contributed by atoms with van der Waals surface area (Å²) in [6.07, 6.45) is -0.0546. The van der Waals surface area contributed by atoms with Crippen molar-refractivity contribution < 1.29 is 23.7 Å². The number of carbonyl (C=O) groups excluding carboxylic acids is 1. The van der Waals surface area contributed by atoms with Crippen LogP contribution in [0.1, 0.15) is 29.7 Å². The van der Waals surface area contributed by atoms with E-state index in [4.69, 9.17) is 24.7 Å². The van der Waals surface area contributed by atoms with Gasteiger partial charge in [-0.25, -0.2) is 0 Å². The highest BCUT2D eigenvalue weighted by molar-refractivity contribution is 5.73. The van der Waals surface area contributed by atoms with E-state index in [1.54, 1.807) is 32.2 Å². The van der Waals surface area contributed by atoms with Crippen molar-refractivity contribution in [3.63, 3.8) is 0 Å². The first-order chi connectivity index (χ1) is 13.5. The zero-order chi connectivity index (χ0) is 20.3. The molecule has 146 valence electrons. The lowest BCUT2D eigenvalue weighted by Gasteiger charge is -2.25. The SMILES string of the molecule is CCOC(=O)Cc1[nH]nc2c1[C@H](c1cc(OC)ccc1OC)C(C#N)=C(N)O2. The molecule has 2 aromatic rings. The third-order valence-electron chi connectivity index (χ3n) is 4.39. The van der Waals surface area contributed by atoms with Gasteiger partial charge < -0.3 is 24.7 Å². The third kappa shape index (κ3) is 3.32. The minimum absolute atomic E-state index is 0.0546. The number of aromatic amines is 1. The monoisotopic (exact) mass is 384 g/mol. The number of hydrogen-bond donors (Lipinski definition) is 2. The van der Waals surface area contributed by atoms with Gasteiger partial charge in [0.2, 0.25) is 11.8 Å². The van der Waals surface area contributed by atoms with Crippen LogP contribution in [0.15, 0.2) is 29.7 Å². The van der Waals surface area contributed by atoms with Crippen molar-refractivity contribution in [2.45, 2.75) is 19.3 Å². The molecule has 0 unspecified atom stereocenters. The molecule has 0 radical (unpaired) electrons. The van der Waals surface area contributed by atoms with Crippen molar-refractivity contribution >= 4 is 5.97 Å². The van der Waals surface area contributed by atoms with Gasteiger partial charge in [-0.1, -0.05) is 0 Å². The van der Waals surface area contributed by atoms with Gasteiger partial charge in [0.1, 0.15) is 23.1 Å². The summed E-state index contributed by atoms with van der Waals surface area (Å²) in [5.41, 5.74) is 7.80. The van der Waals surface area contributed by atoms with Crippen molar-refractivity contribution in [3.05, 3.63) is 46.5 Å². The van der Waals surface area contributed by atoms with Crippen LogP contribution in [0.4, 0.5) is 0 Å². The highest BCUT2D eigenvalue weighted by Crippen LogP contribution is 2.46. The molecule has 0 bridgehead atoms. The molecular weight excluding hydrogens is 364 g/mol. The van der Waals surface area contributed by atoms with E-state index < -0.39 is 11.9 Å². The normalized spacial score (nSPS) is 15.3. The average Bonchev–Trinajstić information content (AvgIpc) is 3.08. The minimum Gasteiger partial charge on any atom is -0.497 e. The van der Waals surface area contributed by atoms with Crippen molar-refractivity contribution in [1.29, 1.82) is 5.26 Å². The molecule has 0 amide bonds. The summed E-state index contributed by atoms with van der Waals surface area (Å²) in [5.74, 6) is 0.177. The van der Waals surface area contributed by atoms with Crippen LogP contribution < -0.4 is 19.9 Å². The van der Waals surface area contributed by atoms with E-state index in [1.165, 1.54) is 7.11 Å². The molecule has 0 fully saturated rings. The van der Waals surface area contributed by atoms with Gasteiger partial charge in [-0.2, -0.15) is 5.26 Å². The van der Waals surface area contributed by atoms with Crippen molar-refractivity contribution in [1.82, 2.24) is 10.2 Å². The zero-order valence-electron chi connectivity index (χ0n) is 15.7. The molecule has 2 heterocycles. The Morgan fingerprint density at radius 2 is 2.18 bits per heavy atom. The topological polar surface area (TPSA) is 132 Å². The van der Waals surface area contributed by atoms with E-state index in [2.05, 4.69) is 16.3 Å². The number of aromatic nitrogens is 2. The Morgan fingerprint density at radius 1 is 1.39 bits per heavy atom. The summed E-state index contributed by atoms with van der Waals surface area (Å²) < 4.78 is 21.3. The minimum atomic E-state index is -0.651. The molecule has 9 nitrogen and oxygen atoms in total. The van der Waals surface area contributed by atoms with E-state index in [1.807, 2.05) is 0 Å². The Hall–Kier alpha value is -3.67. The third-order valence-corrected chi connectivity index (χ3v) is 4.39. The molecule has 0 saturated carbocycles. The standard InChI is InChI=1S/C19H20N4O5/c1-4-27-15(24)8-13-17-16(11-7-10(25-2)5-6-14(11)26-3)12(9-20)18(21)28-19(17)23-22-13/h5-7,16H,4,8,21H2,1-3H3,(H,22,23)/t16-/m1/s1. The van der Waals surface area contributed by atoms with E-state index in [9.17, 15) is 10.1 Å². The highest BCUT2D eigenvalue weighted by Gasteiger charge is 2.37. The number of nitrogens with one attached hydrogen (secondary N) is 1. The number of nitrogens with zero attached hydrogens (tertiary/aromatic N) is 2. The number of ether oxygens (including phenoxy) is 4. The molecule has 1 aromatic heterocycles. The lowest BCUT2D eigenvalue weighted by Crippen LogP contribution is -2.22. The van der Waals surface area contributed by atoms with Crippen LogP contribution in [0.3, 0.4) is 0 Å². The first-order valence-corrected chi connectivity index (χ1v) is 8.56. The van der Waals surface area contributed by atoms with Crippen LogP contribution in [-0.4, -0.2) is 37.0 Å². The van der Waals surface area contributed by atoms with Crippen LogP contribution in [0.25, 0.3) is 0 Å². The van der Waals surface area contributed by atoms with Crippen molar-refractivity contribution in [2.24, 2.45) is 5.73 Å². The number of allylic oxidation sites excluding steroid dienone is 1. The molecular formula is C19H20N4O5. The van der Waals surface area contributed by atoms with E-state index in [0.717, 1.165) is 0 Å². The molecule has 3 rings (SSSR count). The van der Waals surface area contributed by atoms with Crippen LogP contribution in [0.5, 0.6) is 17.4 Å². The molecule has 1 aromatic carbocycles. The molecule has 0 saturated heterocycles. The summed E-state index contributed by atoms with van der Waals surface area (Å²) in [7, 11) is 3.07. The predicted octanol–water partition coefficient (Wildman–Crippen LogP) is 1.75. The van der Waals surface area contributed by atoms with Gasteiger partial charge in [0, 0.05) is 5.56 Å². The Balaban J connectivity index is 2.19. The molecule has 9 heteroatoms. The fourth-order valence-corrected chi connectivity index (χ4v) is 3.18. The maximum Gasteiger partial charge on any atom is 0.311 e. The molecule has 0 aliphatic carbocycles. The fourth-order valence-electron chi connectivity index (χ4n) is 3.18. The maximum absolute atomic E-state index is 12.0.